The number of carbonyl (C=O) groups is 1. The summed E-state index contributed by atoms with van der Waals surface area (Å²) in [5.74, 6) is 0.219. The van der Waals surface area contributed by atoms with E-state index in [-0.39, 0.29) is 18.1 Å². The highest BCUT2D eigenvalue weighted by molar-refractivity contribution is 5.68. The smallest absolute Gasteiger partial charge is 0.410 e. The number of imidazole rings is 1. The Morgan fingerprint density at radius 3 is 2.71 bits per heavy atom. The molecule has 2 aromatic heterocycles. The molecule has 0 unspecified atom stereocenters. The summed E-state index contributed by atoms with van der Waals surface area (Å²) in [6.07, 6.45) is 4.12. The van der Waals surface area contributed by atoms with Crippen molar-refractivity contribution in [1.82, 2.24) is 24.2 Å². The van der Waals surface area contributed by atoms with Crippen LogP contribution in [-0.4, -0.2) is 42.5 Å². The number of hydrogen-bond donors (Lipinski definition) is 1. The maximum absolute atomic E-state index is 13.9. The molecule has 1 aliphatic rings. The quantitative estimate of drug-likeness (QED) is 0.679. The van der Waals surface area contributed by atoms with E-state index < -0.39 is 11.7 Å². The Balaban J connectivity index is 1.84. The van der Waals surface area contributed by atoms with E-state index in [1.165, 1.54) is 10.6 Å². The second-order valence-corrected chi connectivity index (χ2v) is 8.73. The number of amides is 1. The number of aryl methyl sites for hydroxylation is 2. The summed E-state index contributed by atoms with van der Waals surface area (Å²) in [5, 5.41) is 4.76. The number of halogens is 1. The van der Waals surface area contributed by atoms with Crippen molar-refractivity contribution in [2.75, 3.05) is 6.54 Å². The molecule has 0 saturated heterocycles. The number of H-pyrrole nitrogens is 1. The van der Waals surface area contributed by atoms with Gasteiger partial charge in [0.15, 0.2) is 0 Å². The van der Waals surface area contributed by atoms with Gasteiger partial charge in [0.05, 0.1) is 17.9 Å². The van der Waals surface area contributed by atoms with Crippen LogP contribution in [0.4, 0.5) is 9.18 Å². The fourth-order valence-corrected chi connectivity index (χ4v) is 3.71. The molecule has 1 amide bonds. The molecule has 164 valence electrons. The minimum Gasteiger partial charge on any atom is -0.444 e. The Kier molecular flexibility index (Phi) is 5.20. The first-order chi connectivity index (χ1) is 14.6. The van der Waals surface area contributed by atoms with Crippen molar-refractivity contribution in [2.24, 2.45) is 0 Å². The fraction of sp³-hybridized carbons (Fsp3) is 0.409. The molecule has 3 aromatic rings. The molecule has 0 bridgehead atoms. The van der Waals surface area contributed by atoms with Gasteiger partial charge in [0.2, 0.25) is 0 Å². The molecule has 1 N–H and O–H groups in total. The summed E-state index contributed by atoms with van der Waals surface area (Å²) in [5.41, 5.74) is 1.76. The first-order valence-electron chi connectivity index (χ1n) is 10.3. The predicted molar refractivity (Wildman–Crippen MR) is 113 cm³/mol. The van der Waals surface area contributed by atoms with Crippen LogP contribution in [0.3, 0.4) is 0 Å². The van der Waals surface area contributed by atoms with E-state index in [9.17, 15) is 14.0 Å². The van der Waals surface area contributed by atoms with Gasteiger partial charge in [-0.25, -0.2) is 18.7 Å². The monoisotopic (exact) mass is 427 g/mol. The lowest BCUT2D eigenvalue weighted by Gasteiger charge is -2.26. The van der Waals surface area contributed by atoms with Crippen LogP contribution in [0.1, 0.15) is 44.0 Å². The average Bonchev–Trinajstić information content (AvgIpc) is 3.18. The fourth-order valence-electron chi connectivity index (χ4n) is 3.71. The first kappa shape index (κ1) is 20.9. The van der Waals surface area contributed by atoms with E-state index in [0.29, 0.717) is 36.5 Å². The number of fused-ring (bicyclic) bond motifs is 1. The largest absolute Gasteiger partial charge is 0.444 e. The highest BCUT2D eigenvalue weighted by atomic mass is 19.1. The molecule has 9 heteroatoms. The van der Waals surface area contributed by atoms with Gasteiger partial charge in [-0.1, -0.05) is 0 Å². The minimum absolute atomic E-state index is 0.261. The van der Waals surface area contributed by atoms with Crippen LogP contribution in [0.5, 0.6) is 0 Å². The number of aromatic nitrogens is 4. The van der Waals surface area contributed by atoms with Gasteiger partial charge in [-0.15, -0.1) is 0 Å². The first-order valence-corrected chi connectivity index (χ1v) is 10.3. The van der Waals surface area contributed by atoms with Crippen molar-refractivity contribution in [3.8, 4) is 11.5 Å². The number of rotatable bonds is 2. The normalized spacial score (nSPS) is 14.3. The lowest BCUT2D eigenvalue weighted by Crippen LogP contribution is -2.36. The zero-order chi connectivity index (χ0) is 22.3. The molecular weight excluding hydrogens is 401 g/mol. The molecule has 0 atom stereocenters. The van der Waals surface area contributed by atoms with E-state index in [1.54, 1.807) is 41.0 Å². The van der Waals surface area contributed by atoms with Crippen LogP contribution in [0, 0.1) is 12.7 Å². The van der Waals surface area contributed by atoms with Gasteiger partial charge in [-0.05, 0) is 64.3 Å². The number of nitrogens with one attached hydrogen (secondary N) is 1. The Morgan fingerprint density at radius 1 is 1.29 bits per heavy atom. The lowest BCUT2D eigenvalue weighted by atomic mass is 10.1. The van der Waals surface area contributed by atoms with E-state index >= 15 is 0 Å². The maximum Gasteiger partial charge on any atom is 0.410 e. The van der Waals surface area contributed by atoms with E-state index in [0.717, 1.165) is 11.3 Å². The molecular formula is C22H26FN5O3. The highest BCUT2D eigenvalue weighted by Gasteiger charge is 2.30. The topological polar surface area (TPSA) is 85.2 Å². The van der Waals surface area contributed by atoms with Crippen molar-refractivity contribution >= 4 is 6.09 Å². The molecule has 0 spiro atoms. The Bertz CT molecular complexity index is 1180. The van der Waals surface area contributed by atoms with Gasteiger partial charge in [-0.3, -0.25) is 4.57 Å². The molecule has 8 nitrogen and oxygen atoms in total. The third kappa shape index (κ3) is 4.12. The number of ether oxygens (including phenoxy) is 1. The molecule has 4 rings (SSSR count). The minimum atomic E-state index is -0.609. The van der Waals surface area contributed by atoms with Gasteiger partial charge in [0, 0.05) is 24.5 Å². The molecule has 31 heavy (non-hydrogen) atoms. The van der Waals surface area contributed by atoms with Crippen LogP contribution >= 0.6 is 0 Å². The zero-order valence-corrected chi connectivity index (χ0v) is 18.1. The zero-order valence-electron chi connectivity index (χ0n) is 18.1. The van der Waals surface area contributed by atoms with Crippen LogP contribution in [0.15, 0.2) is 35.4 Å². The van der Waals surface area contributed by atoms with E-state index in [2.05, 4.69) is 4.98 Å². The third-order valence-electron chi connectivity index (χ3n) is 5.15. The number of carbonyl (C=O) groups excluding carboxylic acids is 1. The summed E-state index contributed by atoms with van der Waals surface area (Å²) >= 11 is 0. The second-order valence-electron chi connectivity index (χ2n) is 8.73. The summed E-state index contributed by atoms with van der Waals surface area (Å²) in [7, 11) is 0. The van der Waals surface area contributed by atoms with Crippen molar-refractivity contribution < 1.29 is 13.9 Å². The Labute approximate surface area is 179 Å². The maximum atomic E-state index is 13.9. The predicted octanol–water partition coefficient (Wildman–Crippen LogP) is 3.48. The number of nitrogens with zero attached hydrogens (tertiary/aromatic N) is 4. The highest BCUT2D eigenvalue weighted by Crippen LogP contribution is 2.28. The van der Waals surface area contributed by atoms with Crippen molar-refractivity contribution in [3.63, 3.8) is 0 Å². The van der Waals surface area contributed by atoms with E-state index in [4.69, 9.17) is 9.84 Å². The third-order valence-corrected chi connectivity index (χ3v) is 5.15. The van der Waals surface area contributed by atoms with Crippen molar-refractivity contribution in [1.29, 1.82) is 0 Å². The van der Waals surface area contributed by atoms with Gasteiger partial charge >= 0.3 is 11.8 Å². The SMILES string of the molecule is Cc1cc(-n2nc3c(c2-n2cc[nH]c2=O)CN(C(=O)OC(C)(C)C)CCC3)ccc1F. The number of aromatic amines is 1. The molecule has 3 heterocycles. The molecule has 1 aliphatic heterocycles. The van der Waals surface area contributed by atoms with Crippen molar-refractivity contribution in [3.05, 3.63) is 63.7 Å². The molecule has 0 aliphatic carbocycles. The molecule has 0 fully saturated rings. The molecule has 0 radical (unpaired) electrons. The molecule has 0 saturated carbocycles. The summed E-state index contributed by atoms with van der Waals surface area (Å²) in [6, 6.07) is 4.70. The van der Waals surface area contributed by atoms with Crippen LogP contribution in [0.2, 0.25) is 0 Å². The van der Waals surface area contributed by atoms with Crippen LogP contribution in [-0.2, 0) is 17.7 Å². The van der Waals surface area contributed by atoms with Gasteiger partial charge in [0.1, 0.15) is 17.2 Å². The number of hydrogen-bond acceptors (Lipinski definition) is 4. The van der Waals surface area contributed by atoms with Crippen LogP contribution < -0.4 is 5.69 Å². The second kappa shape index (κ2) is 7.72. The van der Waals surface area contributed by atoms with Gasteiger partial charge in [-0.2, -0.15) is 5.10 Å². The lowest BCUT2D eigenvalue weighted by molar-refractivity contribution is 0.0236. The molecule has 1 aromatic carbocycles. The summed E-state index contributed by atoms with van der Waals surface area (Å²) in [6.45, 7) is 7.95. The van der Waals surface area contributed by atoms with Gasteiger partial charge < -0.3 is 14.6 Å². The Hall–Kier alpha value is -3.36. The van der Waals surface area contributed by atoms with Crippen molar-refractivity contribution in [2.45, 2.75) is 52.7 Å². The summed E-state index contributed by atoms with van der Waals surface area (Å²) in [4.78, 5) is 29.5. The van der Waals surface area contributed by atoms with Crippen LogP contribution in [0.25, 0.3) is 11.5 Å². The Morgan fingerprint density at radius 2 is 2.06 bits per heavy atom. The van der Waals surface area contributed by atoms with Gasteiger partial charge in [0.25, 0.3) is 0 Å². The average molecular weight is 427 g/mol. The number of benzene rings is 1. The standard InChI is InChI=1S/C22H26FN5O3/c1-14-12-15(7-8-17(14)23)28-19(27-11-9-24-20(27)29)16-13-26(10-5-6-18(16)25-28)21(30)31-22(2,3)4/h7-9,11-12H,5-6,10,13H2,1-4H3,(H,24,29). The van der Waals surface area contributed by atoms with E-state index in [1.807, 2.05) is 20.8 Å². The summed E-state index contributed by atoms with van der Waals surface area (Å²) < 4.78 is 22.5.